The van der Waals surface area contributed by atoms with Gasteiger partial charge in [0.15, 0.2) is 0 Å². The average Bonchev–Trinajstić information content (AvgIpc) is 1.98. The zero-order valence-electron chi connectivity index (χ0n) is 6.58. The molecule has 2 heteroatoms. The van der Waals surface area contributed by atoms with E-state index in [0.29, 0.717) is 6.42 Å². The fourth-order valence-electron chi connectivity index (χ4n) is 0.870. The maximum Gasteiger partial charge on any atom is 0.128 e. The molecular weight excluding hydrogens is 134 g/mol. The highest BCUT2D eigenvalue weighted by Gasteiger charge is 2.03. The standard InChI is InChI=1S/C8H16F2/c1-2-3-4-5-6-8(10)7-9/h8H,2-7H2,1H3. The fraction of sp³-hybridized carbons (Fsp3) is 1.00. The summed E-state index contributed by atoms with van der Waals surface area (Å²) in [6.07, 6.45) is 3.34. The number of rotatable bonds is 6. The molecule has 0 heterocycles. The summed E-state index contributed by atoms with van der Waals surface area (Å²) in [6.45, 7) is 1.29. The molecule has 1 unspecified atom stereocenters. The first-order valence-electron chi connectivity index (χ1n) is 4.01. The number of alkyl halides is 2. The van der Waals surface area contributed by atoms with Gasteiger partial charge in [0.1, 0.15) is 12.8 Å². The maximum atomic E-state index is 12.2. The Kier molecular flexibility index (Phi) is 6.88. The lowest BCUT2D eigenvalue weighted by molar-refractivity contribution is 0.241. The molecule has 0 radical (unpaired) electrons. The van der Waals surface area contributed by atoms with E-state index in [2.05, 4.69) is 6.92 Å². The molecule has 0 N–H and O–H groups in total. The fourth-order valence-corrected chi connectivity index (χ4v) is 0.870. The van der Waals surface area contributed by atoms with E-state index in [1.165, 1.54) is 0 Å². The Balaban J connectivity index is 2.89. The summed E-state index contributed by atoms with van der Waals surface area (Å²) < 4.78 is 23.7. The minimum absolute atomic E-state index is 0.399. The van der Waals surface area contributed by atoms with Gasteiger partial charge >= 0.3 is 0 Å². The van der Waals surface area contributed by atoms with Crippen molar-refractivity contribution in [2.24, 2.45) is 0 Å². The molecule has 0 saturated heterocycles. The molecule has 1 atom stereocenters. The summed E-state index contributed by atoms with van der Waals surface area (Å²) >= 11 is 0. The lowest BCUT2D eigenvalue weighted by Gasteiger charge is -2.01. The summed E-state index contributed by atoms with van der Waals surface area (Å²) in [7, 11) is 0. The SMILES string of the molecule is CCCCCCC(F)CF. The second kappa shape index (κ2) is 6.97. The smallest absolute Gasteiger partial charge is 0.128 e. The van der Waals surface area contributed by atoms with Crippen LogP contribution >= 0.6 is 0 Å². The van der Waals surface area contributed by atoms with Gasteiger partial charge < -0.3 is 0 Å². The van der Waals surface area contributed by atoms with Crippen LogP contribution in [0.1, 0.15) is 39.0 Å². The van der Waals surface area contributed by atoms with E-state index in [1.807, 2.05) is 0 Å². The van der Waals surface area contributed by atoms with E-state index in [4.69, 9.17) is 0 Å². The Bertz CT molecular complexity index is 64.3. The van der Waals surface area contributed by atoms with Gasteiger partial charge in [0.2, 0.25) is 0 Å². The maximum absolute atomic E-state index is 12.2. The van der Waals surface area contributed by atoms with Crippen LogP contribution in [-0.2, 0) is 0 Å². The van der Waals surface area contributed by atoms with Crippen LogP contribution < -0.4 is 0 Å². The van der Waals surface area contributed by atoms with E-state index >= 15 is 0 Å². The molecule has 0 spiro atoms. The molecule has 0 nitrogen and oxygen atoms in total. The van der Waals surface area contributed by atoms with Crippen molar-refractivity contribution in [3.63, 3.8) is 0 Å². The van der Waals surface area contributed by atoms with Crippen molar-refractivity contribution in [3.05, 3.63) is 0 Å². The molecule has 0 saturated carbocycles. The number of unbranched alkanes of at least 4 members (excludes halogenated alkanes) is 3. The van der Waals surface area contributed by atoms with Crippen LogP contribution in [0.4, 0.5) is 8.78 Å². The van der Waals surface area contributed by atoms with Crippen molar-refractivity contribution in [2.75, 3.05) is 6.67 Å². The van der Waals surface area contributed by atoms with Crippen LogP contribution in [0.25, 0.3) is 0 Å². The monoisotopic (exact) mass is 150 g/mol. The lowest BCUT2D eigenvalue weighted by atomic mass is 10.1. The van der Waals surface area contributed by atoms with Gasteiger partial charge in [-0.3, -0.25) is 0 Å². The first-order valence-corrected chi connectivity index (χ1v) is 4.01. The largest absolute Gasteiger partial charge is 0.248 e. The number of halogens is 2. The van der Waals surface area contributed by atoms with E-state index in [0.717, 1.165) is 25.7 Å². The third-order valence-electron chi connectivity index (χ3n) is 1.54. The van der Waals surface area contributed by atoms with Gasteiger partial charge in [-0.2, -0.15) is 0 Å². The summed E-state index contributed by atoms with van der Waals surface area (Å²) in [4.78, 5) is 0. The normalized spacial score (nSPS) is 13.5. The van der Waals surface area contributed by atoms with Gasteiger partial charge in [-0.15, -0.1) is 0 Å². The van der Waals surface area contributed by atoms with Crippen LogP contribution in [0, 0.1) is 0 Å². The van der Waals surface area contributed by atoms with Gasteiger partial charge in [0, 0.05) is 0 Å². The van der Waals surface area contributed by atoms with Crippen LogP contribution in [0.2, 0.25) is 0 Å². The minimum Gasteiger partial charge on any atom is -0.248 e. The quantitative estimate of drug-likeness (QED) is 0.510. The zero-order chi connectivity index (χ0) is 7.82. The predicted octanol–water partition coefficient (Wildman–Crippen LogP) is 3.26. The van der Waals surface area contributed by atoms with Crippen LogP contribution in [0.5, 0.6) is 0 Å². The molecule has 0 aliphatic heterocycles. The average molecular weight is 150 g/mol. The van der Waals surface area contributed by atoms with Crippen LogP contribution in [0.15, 0.2) is 0 Å². The van der Waals surface area contributed by atoms with Gasteiger partial charge in [-0.25, -0.2) is 8.78 Å². The van der Waals surface area contributed by atoms with Gasteiger partial charge in [0.25, 0.3) is 0 Å². The van der Waals surface area contributed by atoms with Crippen LogP contribution in [-0.4, -0.2) is 12.8 Å². The van der Waals surface area contributed by atoms with E-state index in [1.54, 1.807) is 0 Å². The molecule has 0 rings (SSSR count). The summed E-state index contributed by atoms with van der Waals surface area (Å²) in [6, 6.07) is 0. The second-order valence-electron chi connectivity index (χ2n) is 2.60. The van der Waals surface area contributed by atoms with E-state index in [9.17, 15) is 8.78 Å². The van der Waals surface area contributed by atoms with Gasteiger partial charge in [-0.05, 0) is 6.42 Å². The van der Waals surface area contributed by atoms with Gasteiger partial charge in [0.05, 0.1) is 0 Å². The summed E-state index contributed by atoms with van der Waals surface area (Å²) in [5, 5.41) is 0. The number of hydrogen-bond donors (Lipinski definition) is 0. The Morgan fingerprint density at radius 2 is 1.90 bits per heavy atom. The molecule has 62 valence electrons. The van der Waals surface area contributed by atoms with E-state index in [-0.39, 0.29) is 0 Å². The molecule has 0 aliphatic rings. The van der Waals surface area contributed by atoms with Crippen molar-refractivity contribution >= 4 is 0 Å². The van der Waals surface area contributed by atoms with Crippen molar-refractivity contribution < 1.29 is 8.78 Å². The summed E-state index contributed by atoms with van der Waals surface area (Å²) in [5.74, 6) is 0. The molecule has 10 heavy (non-hydrogen) atoms. The number of hydrogen-bond acceptors (Lipinski definition) is 0. The van der Waals surface area contributed by atoms with Crippen molar-refractivity contribution in [3.8, 4) is 0 Å². The second-order valence-corrected chi connectivity index (χ2v) is 2.60. The molecule has 0 aromatic rings. The van der Waals surface area contributed by atoms with Crippen LogP contribution in [0.3, 0.4) is 0 Å². The van der Waals surface area contributed by atoms with E-state index < -0.39 is 12.8 Å². The predicted molar refractivity (Wildman–Crippen MR) is 39.6 cm³/mol. The first kappa shape index (κ1) is 9.86. The Hall–Kier alpha value is -0.140. The third-order valence-corrected chi connectivity index (χ3v) is 1.54. The van der Waals surface area contributed by atoms with Crippen molar-refractivity contribution in [2.45, 2.75) is 45.2 Å². The highest BCUT2D eigenvalue weighted by atomic mass is 19.2. The zero-order valence-corrected chi connectivity index (χ0v) is 6.58. The van der Waals surface area contributed by atoms with Crippen molar-refractivity contribution in [1.82, 2.24) is 0 Å². The molecule has 0 amide bonds. The van der Waals surface area contributed by atoms with Gasteiger partial charge in [-0.1, -0.05) is 32.6 Å². The topological polar surface area (TPSA) is 0 Å². The highest BCUT2D eigenvalue weighted by molar-refractivity contribution is 4.53. The molecule has 0 fully saturated rings. The minimum atomic E-state index is -1.21. The Morgan fingerprint density at radius 1 is 1.20 bits per heavy atom. The molecule has 0 aromatic carbocycles. The summed E-state index contributed by atoms with van der Waals surface area (Å²) in [5.41, 5.74) is 0. The third kappa shape index (κ3) is 5.99. The first-order chi connectivity index (χ1) is 4.81. The Labute approximate surface area is 61.6 Å². The lowest BCUT2D eigenvalue weighted by Crippen LogP contribution is -2.01. The molecule has 0 bridgehead atoms. The molecule has 0 aromatic heterocycles. The molecule has 0 aliphatic carbocycles. The Morgan fingerprint density at radius 3 is 2.40 bits per heavy atom. The highest BCUT2D eigenvalue weighted by Crippen LogP contribution is 2.07. The molecular formula is C8H16F2. The van der Waals surface area contributed by atoms with Crippen molar-refractivity contribution in [1.29, 1.82) is 0 Å².